The predicted octanol–water partition coefficient (Wildman–Crippen LogP) is -0.846. The number of hydrogen-bond donors (Lipinski definition) is 2. The monoisotopic (exact) mass is 144 g/mol. The van der Waals surface area contributed by atoms with E-state index in [0.29, 0.717) is 0 Å². The summed E-state index contributed by atoms with van der Waals surface area (Å²) in [5.41, 5.74) is 5.12. The van der Waals surface area contributed by atoms with Crippen LogP contribution in [0.1, 0.15) is 0 Å². The second-order valence-corrected chi connectivity index (χ2v) is 2.38. The van der Waals surface area contributed by atoms with Gasteiger partial charge in [-0.05, 0) is 14.1 Å². The molecule has 4 nitrogen and oxygen atoms in total. The molecule has 0 unspecified atom stereocenters. The predicted molar refractivity (Wildman–Crippen MR) is 42.8 cm³/mol. The Labute approximate surface area is 62.0 Å². The summed E-state index contributed by atoms with van der Waals surface area (Å²) in [6.45, 7) is 1.72. The third kappa shape index (κ3) is 5.40. The highest BCUT2D eigenvalue weighted by Crippen LogP contribution is 1.79. The Kier molecular flexibility index (Phi) is 4.70. The van der Waals surface area contributed by atoms with E-state index in [1.54, 1.807) is 11.2 Å². The molecule has 0 bridgehead atoms. The average Bonchev–Trinajstić information content (AvgIpc) is 1.85. The molecule has 0 saturated heterocycles. The quantitative estimate of drug-likeness (QED) is 0.399. The Hall–Kier alpha value is -0.740. The lowest BCUT2D eigenvalue weighted by Crippen LogP contribution is -2.32. The van der Waals surface area contributed by atoms with Crippen LogP contribution in [0.5, 0.6) is 0 Å². The highest BCUT2D eigenvalue weighted by molar-refractivity contribution is 4.73. The Morgan fingerprint density at radius 2 is 1.90 bits per heavy atom. The summed E-state index contributed by atoms with van der Waals surface area (Å²) in [4.78, 5) is 2.06. The van der Waals surface area contributed by atoms with Gasteiger partial charge in [0.05, 0.1) is 0 Å². The van der Waals surface area contributed by atoms with Crippen LogP contribution in [0.15, 0.2) is 12.4 Å². The number of hydrazine groups is 1. The van der Waals surface area contributed by atoms with E-state index in [0.717, 1.165) is 13.1 Å². The Bertz CT molecular complexity index is 99.9. The van der Waals surface area contributed by atoms with Crippen molar-refractivity contribution in [3.8, 4) is 0 Å². The van der Waals surface area contributed by atoms with Gasteiger partial charge in [0.15, 0.2) is 0 Å². The molecule has 0 atom stereocenters. The van der Waals surface area contributed by atoms with E-state index in [2.05, 4.69) is 4.90 Å². The van der Waals surface area contributed by atoms with Crippen LogP contribution in [-0.2, 0) is 0 Å². The molecule has 0 fully saturated rings. The maximum Gasteiger partial charge on any atom is 0.0463 e. The highest BCUT2D eigenvalue weighted by Gasteiger charge is 1.91. The molecule has 60 valence electrons. The van der Waals surface area contributed by atoms with E-state index in [9.17, 15) is 0 Å². The molecule has 0 rings (SSSR count). The van der Waals surface area contributed by atoms with Crippen LogP contribution in [0.4, 0.5) is 0 Å². The fourth-order valence-corrected chi connectivity index (χ4v) is 0.501. The minimum absolute atomic E-state index is 0.792. The lowest BCUT2D eigenvalue weighted by Gasteiger charge is -2.16. The second-order valence-electron chi connectivity index (χ2n) is 2.38. The van der Waals surface area contributed by atoms with E-state index < -0.39 is 0 Å². The summed E-state index contributed by atoms with van der Waals surface area (Å²) in [5, 5.41) is 1.56. The van der Waals surface area contributed by atoms with Gasteiger partial charge in [-0.25, -0.2) is 5.84 Å². The number of likely N-dealkylation sites (N-methyl/N-ethyl adjacent to an activating group) is 1. The van der Waals surface area contributed by atoms with Crippen molar-refractivity contribution in [1.82, 2.24) is 9.91 Å². The fraction of sp³-hybridized carbons (Fsp3) is 0.667. The van der Waals surface area contributed by atoms with Crippen molar-refractivity contribution in [2.75, 3.05) is 27.2 Å². The smallest absolute Gasteiger partial charge is 0.0463 e. The molecule has 4 heteroatoms. The second kappa shape index (κ2) is 5.08. The first-order chi connectivity index (χ1) is 4.66. The molecule has 0 aliphatic heterocycles. The van der Waals surface area contributed by atoms with Crippen molar-refractivity contribution in [3.63, 3.8) is 0 Å². The maximum absolute atomic E-state index is 5.47. The van der Waals surface area contributed by atoms with Crippen molar-refractivity contribution in [3.05, 3.63) is 12.4 Å². The van der Waals surface area contributed by atoms with Gasteiger partial charge in [-0.1, -0.05) is 0 Å². The molecule has 0 spiro atoms. The van der Waals surface area contributed by atoms with Gasteiger partial charge in [-0.15, -0.1) is 0 Å². The zero-order valence-corrected chi connectivity index (χ0v) is 6.62. The van der Waals surface area contributed by atoms with Gasteiger partial charge in [0, 0.05) is 25.5 Å². The van der Waals surface area contributed by atoms with E-state index in [1.807, 2.05) is 14.1 Å². The van der Waals surface area contributed by atoms with Gasteiger partial charge in [-0.3, -0.25) is 0 Å². The van der Waals surface area contributed by atoms with Crippen molar-refractivity contribution >= 4 is 0 Å². The maximum atomic E-state index is 5.47. The molecule has 10 heavy (non-hydrogen) atoms. The third-order valence-electron chi connectivity index (χ3n) is 1.08. The normalized spacial score (nSPS) is 11.2. The van der Waals surface area contributed by atoms with Crippen LogP contribution in [0.2, 0.25) is 0 Å². The van der Waals surface area contributed by atoms with Crippen LogP contribution in [-0.4, -0.2) is 37.1 Å². The molecule has 4 N–H and O–H groups in total. The Morgan fingerprint density at radius 3 is 2.30 bits per heavy atom. The van der Waals surface area contributed by atoms with Crippen molar-refractivity contribution in [2.24, 2.45) is 11.6 Å². The fourth-order valence-electron chi connectivity index (χ4n) is 0.501. The van der Waals surface area contributed by atoms with E-state index in [4.69, 9.17) is 11.6 Å². The lowest BCUT2D eigenvalue weighted by atomic mass is 10.5. The van der Waals surface area contributed by atoms with Gasteiger partial charge < -0.3 is 15.6 Å². The van der Waals surface area contributed by atoms with E-state index >= 15 is 0 Å². The zero-order chi connectivity index (χ0) is 7.98. The summed E-state index contributed by atoms with van der Waals surface area (Å²) < 4.78 is 0. The van der Waals surface area contributed by atoms with Crippen LogP contribution in [0.3, 0.4) is 0 Å². The SMILES string of the molecule is CN(C)CCN(N)/C=C\N. The Balaban J connectivity index is 3.30. The number of rotatable bonds is 4. The minimum Gasteiger partial charge on any atom is -0.403 e. The summed E-state index contributed by atoms with van der Waals surface area (Å²) in [5.74, 6) is 5.47. The molecule has 0 aromatic heterocycles. The van der Waals surface area contributed by atoms with Crippen LogP contribution in [0, 0.1) is 0 Å². The molecular weight excluding hydrogens is 128 g/mol. The number of nitrogens with two attached hydrogens (primary N) is 2. The van der Waals surface area contributed by atoms with Gasteiger partial charge in [-0.2, -0.15) is 0 Å². The largest absolute Gasteiger partial charge is 0.403 e. The lowest BCUT2D eigenvalue weighted by molar-refractivity contribution is 0.313. The van der Waals surface area contributed by atoms with Crippen LogP contribution >= 0.6 is 0 Å². The van der Waals surface area contributed by atoms with E-state index in [-0.39, 0.29) is 0 Å². The van der Waals surface area contributed by atoms with Crippen LogP contribution < -0.4 is 11.6 Å². The van der Waals surface area contributed by atoms with Gasteiger partial charge in [0.2, 0.25) is 0 Å². The topological polar surface area (TPSA) is 58.5 Å². The molecule has 0 aliphatic rings. The molecule has 0 radical (unpaired) electrons. The third-order valence-corrected chi connectivity index (χ3v) is 1.08. The van der Waals surface area contributed by atoms with Gasteiger partial charge in [0.1, 0.15) is 0 Å². The summed E-state index contributed by atoms with van der Waals surface area (Å²) in [6, 6.07) is 0. The Morgan fingerprint density at radius 1 is 1.30 bits per heavy atom. The first-order valence-electron chi connectivity index (χ1n) is 3.21. The molecule has 0 aliphatic carbocycles. The molecule has 0 saturated carbocycles. The van der Waals surface area contributed by atoms with Gasteiger partial charge in [0.25, 0.3) is 0 Å². The first-order valence-corrected chi connectivity index (χ1v) is 3.21. The number of nitrogens with zero attached hydrogens (tertiary/aromatic N) is 2. The van der Waals surface area contributed by atoms with Crippen LogP contribution in [0.25, 0.3) is 0 Å². The van der Waals surface area contributed by atoms with Crippen molar-refractivity contribution in [1.29, 1.82) is 0 Å². The molecule has 0 amide bonds. The summed E-state index contributed by atoms with van der Waals surface area (Å²) >= 11 is 0. The molecule has 0 aromatic rings. The van der Waals surface area contributed by atoms with E-state index in [1.165, 1.54) is 6.20 Å². The standard InChI is InChI=1S/C6H16N4/c1-9(2)5-6-10(8)4-3-7/h3-4H,5-8H2,1-2H3/b4-3-. The molecule has 0 aromatic carbocycles. The average molecular weight is 144 g/mol. The first kappa shape index (κ1) is 9.26. The highest BCUT2D eigenvalue weighted by atomic mass is 15.4. The molecule has 0 heterocycles. The summed E-state index contributed by atoms with van der Waals surface area (Å²) in [7, 11) is 4.00. The molecular formula is C6H16N4. The number of hydrogen-bond acceptors (Lipinski definition) is 4. The zero-order valence-electron chi connectivity index (χ0n) is 6.62. The van der Waals surface area contributed by atoms with Gasteiger partial charge >= 0.3 is 0 Å². The minimum atomic E-state index is 0.792. The van der Waals surface area contributed by atoms with Crippen molar-refractivity contribution < 1.29 is 0 Å². The summed E-state index contributed by atoms with van der Waals surface area (Å²) in [6.07, 6.45) is 3.07. The van der Waals surface area contributed by atoms with Crippen molar-refractivity contribution in [2.45, 2.75) is 0 Å².